The molecular formula is C33H23N5OPt. The number of pyridine rings is 3. The van der Waals surface area contributed by atoms with Gasteiger partial charge >= 0.3 is 21.1 Å². The van der Waals surface area contributed by atoms with Gasteiger partial charge < -0.3 is 13.5 Å². The third-order valence-corrected chi connectivity index (χ3v) is 7.91. The first-order chi connectivity index (χ1) is 19.0. The number of hydrogen-bond donors (Lipinski definition) is 0. The Hall–Kier alpha value is -4.28. The van der Waals surface area contributed by atoms with Crippen LogP contribution < -0.4 is 4.74 Å². The largest absolute Gasteiger partial charge is 2.00 e. The van der Waals surface area contributed by atoms with Gasteiger partial charge in [0.2, 0.25) is 0 Å². The van der Waals surface area contributed by atoms with Crippen LogP contribution in [0.25, 0.3) is 54.8 Å². The van der Waals surface area contributed by atoms with E-state index in [0.717, 1.165) is 77.6 Å². The summed E-state index contributed by atoms with van der Waals surface area (Å²) >= 11 is 0. The summed E-state index contributed by atoms with van der Waals surface area (Å²) in [6, 6.07) is 27.5. The van der Waals surface area contributed by atoms with Gasteiger partial charge in [0.25, 0.3) is 0 Å². The van der Waals surface area contributed by atoms with Crippen LogP contribution in [0.3, 0.4) is 0 Å². The topological polar surface area (TPSA) is 56.7 Å². The first kappa shape index (κ1) is 24.7. The van der Waals surface area contributed by atoms with Crippen molar-refractivity contribution in [3.05, 3.63) is 102 Å². The van der Waals surface area contributed by atoms with Crippen LogP contribution in [0.15, 0.2) is 66.9 Å². The smallest absolute Gasteiger partial charge is 0.497 e. The Morgan fingerprint density at radius 1 is 0.625 bits per heavy atom. The molecule has 7 heteroatoms. The molecule has 0 aliphatic rings. The number of aromatic nitrogens is 5. The minimum absolute atomic E-state index is 0. The second-order valence-electron chi connectivity index (χ2n) is 10.1. The molecule has 0 bridgehead atoms. The number of aryl methyl sites for hydroxylation is 4. The van der Waals surface area contributed by atoms with Gasteiger partial charge in [-0.25, -0.2) is 0 Å². The molecule has 0 aliphatic carbocycles. The zero-order chi connectivity index (χ0) is 26.4. The van der Waals surface area contributed by atoms with Crippen LogP contribution in [0.1, 0.15) is 22.8 Å². The summed E-state index contributed by atoms with van der Waals surface area (Å²) in [5, 5.41) is 5.06. The maximum atomic E-state index is 6.39. The number of benzene rings is 3. The van der Waals surface area contributed by atoms with Crippen molar-refractivity contribution in [3.63, 3.8) is 0 Å². The fourth-order valence-electron chi connectivity index (χ4n) is 5.79. The minimum Gasteiger partial charge on any atom is -0.497 e. The molecule has 0 amide bonds. The van der Waals surface area contributed by atoms with Crippen LogP contribution >= 0.6 is 0 Å². The number of fused-ring (bicyclic) bond motifs is 12. The Balaban J connectivity index is 0.00000264. The van der Waals surface area contributed by atoms with E-state index in [1.807, 2.05) is 44.3 Å². The average molecular weight is 701 g/mol. The van der Waals surface area contributed by atoms with E-state index in [9.17, 15) is 0 Å². The molecule has 0 spiro atoms. The monoisotopic (exact) mass is 700 g/mol. The van der Waals surface area contributed by atoms with E-state index in [1.165, 1.54) is 0 Å². The Morgan fingerprint density at radius 3 is 1.90 bits per heavy atom. The van der Waals surface area contributed by atoms with Gasteiger partial charge in [0.1, 0.15) is 0 Å². The zero-order valence-electron chi connectivity index (χ0n) is 22.3. The van der Waals surface area contributed by atoms with Gasteiger partial charge in [0.05, 0.1) is 22.3 Å². The molecular weight excluding hydrogens is 677 g/mol. The molecule has 0 N–H and O–H groups in total. The maximum Gasteiger partial charge on any atom is 2.00 e. The number of hydrogen-bond acceptors (Lipinski definition) is 4. The molecule has 0 saturated carbocycles. The van der Waals surface area contributed by atoms with Crippen LogP contribution in [0, 0.1) is 39.8 Å². The number of rotatable bonds is 2. The van der Waals surface area contributed by atoms with Gasteiger partial charge in [-0.05, 0) is 51.3 Å². The number of ether oxygens (including phenoxy) is 1. The van der Waals surface area contributed by atoms with Gasteiger partial charge in [-0.3, -0.25) is 15.0 Å². The molecule has 40 heavy (non-hydrogen) atoms. The van der Waals surface area contributed by atoms with Crippen molar-refractivity contribution in [2.75, 3.05) is 0 Å². The molecule has 5 aromatic heterocycles. The fraction of sp³-hybridized carbons (Fsp3) is 0.121. The second-order valence-corrected chi connectivity index (χ2v) is 10.1. The minimum atomic E-state index is 0. The van der Waals surface area contributed by atoms with Crippen molar-refractivity contribution >= 4 is 54.8 Å². The van der Waals surface area contributed by atoms with Crippen LogP contribution in [0.2, 0.25) is 0 Å². The first-order valence-corrected chi connectivity index (χ1v) is 13.0. The van der Waals surface area contributed by atoms with E-state index in [-0.39, 0.29) is 21.1 Å². The van der Waals surface area contributed by atoms with E-state index in [4.69, 9.17) is 19.7 Å². The summed E-state index contributed by atoms with van der Waals surface area (Å²) < 4.78 is 10.8. The number of para-hydroxylation sites is 1. The molecule has 0 aliphatic heterocycles. The van der Waals surface area contributed by atoms with Gasteiger partial charge in [-0.2, -0.15) is 0 Å². The van der Waals surface area contributed by atoms with Crippen molar-refractivity contribution in [1.82, 2.24) is 23.8 Å². The van der Waals surface area contributed by atoms with E-state index in [2.05, 4.69) is 71.2 Å². The summed E-state index contributed by atoms with van der Waals surface area (Å²) in [5.41, 5.74) is 9.03. The predicted octanol–water partition coefficient (Wildman–Crippen LogP) is 7.61. The van der Waals surface area contributed by atoms with Gasteiger partial charge in [0, 0.05) is 46.0 Å². The molecule has 3 aromatic carbocycles. The van der Waals surface area contributed by atoms with Gasteiger partial charge in [-0.1, -0.05) is 64.0 Å². The molecule has 8 rings (SSSR count). The number of imidazole rings is 2. The Morgan fingerprint density at radius 2 is 1.20 bits per heavy atom. The summed E-state index contributed by atoms with van der Waals surface area (Å²) in [6.07, 6.45) is 1.82. The normalized spacial score (nSPS) is 11.8. The van der Waals surface area contributed by atoms with Gasteiger partial charge in [0.15, 0.2) is 0 Å². The van der Waals surface area contributed by atoms with Crippen molar-refractivity contribution in [2.45, 2.75) is 27.7 Å². The predicted molar refractivity (Wildman–Crippen MR) is 155 cm³/mol. The molecule has 6 nitrogen and oxygen atoms in total. The van der Waals surface area contributed by atoms with Crippen molar-refractivity contribution < 1.29 is 25.8 Å². The van der Waals surface area contributed by atoms with E-state index < -0.39 is 0 Å². The van der Waals surface area contributed by atoms with Crippen LogP contribution in [0.5, 0.6) is 11.5 Å². The molecule has 0 atom stereocenters. The van der Waals surface area contributed by atoms with E-state index in [0.29, 0.717) is 11.5 Å². The fourth-order valence-corrected chi connectivity index (χ4v) is 5.79. The third-order valence-electron chi connectivity index (χ3n) is 7.91. The summed E-state index contributed by atoms with van der Waals surface area (Å²) in [7, 11) is 0. The average Bonchev–Trinajstić information content (AvgIpc) is 3.43. The SMILES string of the molecule is Cc1nc2c3[c-]c(Oc4[c-]c5c(cc4)c4ncccc4n4c(C)c(C)nc54)ccc3c3ccccc3n2c1C.[Pt+2]. The maximum absolute atomic E-state index is 6.39. The summed E-state index contributed by atoms with van der Waals surface area (Å²) in [6.45, 7) is 8.27. The van der Waals surface area contributed by atoms with Gasteiger partial charge in [-0.15, -0.1) is 12.1 Å². The van der Waals surface area contributed by atoms with Crippen molar-refractivity contribution in [1.29, 1.82) is 0 Å². The number of nitrogens with zero attached hydrogens (tertiary/aromatic N) is 5. The Kier molecular flexibility index (Phi) is 5.48. The molecule has 0 fully saturated rings. The van der Waals surface area contributed by atoms with Crippen molar-refractivity contribution in [2.24, 2.45) is 0 Å². The van der Waals surface area contributed by atoms with E-state index in [1.54, 1.807) is 0 Å². The van der Waals surface area contributed by atoms with Crippen LogP contribution in [-0.4, -0.2) is 23.8 Å². The molecule has 0 radical (unpaired) electrons. The molecule has 0 saturated heterocycles. The Labute approximate surface area is 244 Å². The second kappa shape index (κ2) is 8.87. The molecule has 196 valence electrons. The molecule has 5 heterocycles. The quantitative estimate of drug-likeness (QED) is 0.138. The zero-order valence-corrected chi connectivity index (χ0v) is 24.6. The third kappa shape index (κ3) is 3.36. The molecule has 0 unspecified atom stereocenters. The van der Waals surface area contributed by atoms with E-state index >= 15 is 0 Å². The van der Waals surface area contributed by atoms with Crippen molar-refractivity contribution in [3.8, 4) is 11.5 Å². The van der Waals surface area contributed by atoms with Crippen LogP contribution in [0.4, 0.5) is 0 Å². The van der Waals surface area contributed by atoms with Crippen LogP contribution in [-0.2, 0) is 21.1 Å². The Bertz CT molecular complexity index is 2150. The standard InChI is InChI=1S/C33H23N5O.Pt/c1-18-20(3)37-29-9-6-5-8-25(29)24-13-11-22(16-27(24)32(37)35-18)39-23-12-14-26-28(17-23)33-36-19(2)21(4)38(33)30-10-7-15-34-31(26)30;/h5-15H,1-4H3;/q-2;+2. The first-order valence-electron chi connectivity index (χ1n) is 13.0. The summed E-state index contributed by atoms with van der Waals surface area (Å²) in [4.78, 5) is 14.5. The summed E-state index contributed by atoms with van der Waals surface area (Å²) in [5.74, 6) is 1.21. The molecule has 8 aromatic rings.